The van der Waals surface area contributed by atoms with Crippen molar-refractivity contribution in [1.82, 2.24) is 0 Å². The van der Waals surface area contributed by atoms with Gasteiger partial charge in [-0.25, -0.2) is 0 Å². The SMILES string of the molecule is Nc1ccc(Oc2ccc(CC3(Cc4ccc(Oc5ccc(N)cc5C(F)(F)F)cc4)c4ccccc4-c4ccccc43)cc2)c(C(F)(F)F)c1. The number of nitrogen functional groups attached to an aromatic ring is 2. The van der Waals surface area contributed by atoms with Gasteiger partial charge in [-0.15, -0.1) is 0 Å². The van der Waals surface area contributed by atoms with Gasteiger partial charge in [0.1, 0.15) is 34.1 Å². The highest BCUT2D eigenvalue weighted by molar-refractivity contribution is 5.81. The molecule has 0 aliphatic heterocycles. The van der Waals surface area contributed by atoms with Gasteiger partial charge in [0, 0.05) is 16.8 Å². The summed E-state index contributed by atoms with van der Waals surface area (Å²) in [4.78, 5) is 0. The second kappa shape index (κ2) is 12.8. The maximum absolute atomic E-state index is 13.7. The molecule has 4 nitrogen and oxygen atoms in total. The standard InChI is InChI=1S/C41H30F6N2O2/c42-40(43,44)35-21-27(48)13-19-37(35)50-29-15-9-25(10-16-29)23-39(33-7-3-1-5-31(33)32-6-2-4-8-34(32)39)24-26-11-17-30(18-12-26)51-38-20-14-28(49)22-36(38)41(45,46)47/h1-22H,23-24,48-49H2. The number of nitrogens with two attached hydrogens (primary N) is 2. The van der Waals surface area contributed by atoms with E-state index in [2.05, 4.69) is 24.3 Å². The summed E-state index contributed by atoms with van der Waals surface area (Å²) in [5, 5.41) is 0. The lowest BCUT2D eigenvalue weighted by molar-refractivity contribution is -0.139. The monoisotopic (exact) mass is 696 g/mol. The van der Waals surface area contributed by atoms with Crippen molar-refractivity contribution < 1.29 is 35.8 Å². The van der Waals surface area contributed by atoms with E-state index >= 15 is 0 Å². The number of rotatable bonds is 8. The molecular weight excluding hydrogens is 666 g/mol. The quantitative estimate of drug-likeness (QED) is 0.123. The van der Waals surface area contributed by atoms with E-state index in [9.17, 15) is 26.3 Å². The minimum absolute atomic E-state index is 0.0213. The Balaban J connectivity index is 1.21. The van der Waals surface area contributed by atoms with E-state index in [1.807, 2.05) is 48.5 Å². The van der Waals surface area contributed by atoms with E-state index in [-0.39, 0.29) is 34.4 Å². The molecule has 0 saturated heterocycles. The van der Waals surface area contributed by atoms with Crippen molar-refractivity contribution in [3.8, 4) is 34.1 Å². The Labute approximate surface area is 289 Å². The van der Waals surface area contributed by atoms with Gasteiger partial charge in [0.2, 0.25) is 0 Å². The van der Waals surface area contributed by atoms with Crippen LogP contribution in [0.4, 0.5) is 37.7 Å². The largest absolute Gasteiger partial charge is 0.457 e. The first-order valence-electron chi connectivity index (χ1n) is 16.0. The fourth-order valence-corrected chi connectivity index (χ4v) is 6.88. The highest BCUT2D eigenvalue weighted by Gasteiger charge is 2.43. The molecule has 0 amide bonds. The Kier molecular flexibility index (Phi) is 8.41. The molecule has 7 rings (SSSR count). The normalized spacial score (nSPS) is 13.4. The zero-order valence-electron chi connectivity index (χ0n) is 26.9. The fourth-order valence-electron chi connectivity index (χ4n) is 6.88. The lowest BCUT2D eigenvalue weighted by Gasteiger charge is -2.33. The van der Waals surface area contributed by atoms with Gasteiger partial charge < -0.3 is 20.9 Å². The van der Waals surface area contributed by atoms with E-state index in [1.165, 1.54) is 24.3 Å². The molecule has 0 unspecified atom stereocenters. The van der Waals surface area contributed by atoms with Crippen molar-refractivity contribution >= 4 is 11.4 Å². The van der Waals surface area contributed by atoms with Crippen molar-refractivity contribution in [3.63, 3.8) is 0 Å². The third-order valence-electron chi connectivity index (χ3n) is 9.11. The van der Waals surface area contributed by atoms with Gasteiger partial charge in [0.25, 0.3) is 0 Å². The van der Waals surface area contributed by atoms with Crippen LogP contribution in [0.15, 0.2) is 133 Å². The second-order valence-electron chi connectivity index (χ2n) is 12.5. The number of hydrogen-bond acceptors (Lipinski definition) is 4. The summed E-state index contributed by atoms with van der Waals surface area (Å²) in [6.07, 6.45) is -8.22. The predicted octanol–water partition coefficient (Wildman–Crippen LogP) is 11.2. The van der Waals surface area contributed by atoms with Crippen molar-refractivity contribution in [1.29, 1.82) is 0 Å². The molecule has 0 saturated carbocycles. The smallest absolute Gasteiger partial charge is 0.420 e. The summed E-state index contributed by atoms with van der Waals surface area (Å²) < 4.78 is 93.5. The molecule has 6 aromatic carbocycles. The van der Waals surface area contributed by atoms with Gasteiger partial charge in [-0.05, 0) is 107 Å². The van der Waals surface area contributed by atoms with Gasteiger partial charge >= 0.3 is 12.4 Å². The van der Waals surface area contributed by atoms with Crippen molar-refractivity contribution in [2.75, 3.05) is 11.5 Å². The molecule has 258 valence electrons. The maximum atomic E-state index is 13.7. The summed E-state index contributed by atoms with van der Waals surface area (Å²) >= 11 is 0. The molecule has 1 aliphatic carbocycles. The summed E-state index contributed by atoms with van der Waals surface area (Å²) in [5.74, 6) is -0.225. The van der Waals surface area contributed by atoms with Crippen LogP contribution in [0.3, 0.4) is 0 Å². The molecule has 51 heavy (non-hydrogen) atoms. The van der Waals surface area contributed by atoms with Crippen LogP contribution in [-0.4, -0.2) is 0 Å². The zero-order chi connectivity index (χ0) is 36.0. The number of ether oxygens (including phenoxy) is 2. The number of anilines is 2. The van der Waals surface area contributed by atoms with Gasteiger partial charge in [-0.2, -0.15) is 26.3 Å². The summed E-state index contributed by atoms with van der Waals surface area (Å²) in [7, 11) is 0. The molecule has 0 bridgehead atoms. The molecular formula is C41H30F6N2O2. The Morgan fingerprint density at radius 2 is 0.843 bits per heavy atom. The highest BCUT2D eigenvalue weighted by Crippen LogP contribution is 2.52. The van der Waals surface area contributed by atoms with E-state index in [0.29, 0.717) is 12.8 Å². The molecule has 4 N–H and O–H groups in total. The van der Waals surface area contributed by atoms with Crippen LogP contribution < -0.4 is 20.9 Å². The average Bonchev–Trinajstić information content (AvgIpc) is 3.36. The second-order valence-corrected chi connectivity index (χ2v) is 12.5. The van der Waals surface area contributed by atoms with Crippen LogP contribution in [-0.2, 0) is 30.6 Å². The minimum Gasteiger partial charge on any atom is -0.457 e. The van der Waals surface area contributed by atoms with E-state index in [1.54, 1.807) is 24.3 Å². The van der Waals surface area contributed by atoms with Crippen molar-refractivity contribution in [2.45, 2.75) is 30.6 Å². The summed E-state index contributed by atoms with van der Waals surface area (Å²) in [5.41, 5.74) is 15.0. The third kappa shape index (κ3) is 6.69. The Hall–Kier alpha value is -5.90. The van der Waals surface area contributed by atoms with E-state index in [4.69, 9.17) is 20.9 Å². The van der Waals surface area contributed by atoms with Crippen LogP contribution in [0.2, 0.25) is 0 Å². The first-order valence-corrected chi connectivity index (χ1v) is 16.0. The Morgan fingerprint density at radius 3 is 1.22 bits per heavy atom. The van der Waals surface area contributed by atoms with E-state index in [0.717, 1.165) is 45.5 Å². The molecule has 0 aromatic heterocycles. The molecule has 0 spiro atoms. The maximum Gasteiger partial charge on any atom is 0.420 e. The first kappa shape index (κ1) is 33.6. The first-order chi connectivity index (χ1) is 24.3. The molecule has 1 aliphatic rings. The average molecular weight is 697 g/mol. The topological polar surface area (TPSA) is 70.5 Å². The number of fused-ring (bicyclic) bond motifs is 3. The molecule has 0 radical (unpaired) electrons. The molecule has 0 fully saturated rings. The van der Waals surface area contributed by atoms with Crippen molar-refractivity contribution in [2.24, 2.45) is 0 Å². The molecule has 0 atom stereocenters. The van der Waals surface area contributed by atoms with E-state index < -0.39 is 28.9 Å². The third-order valence-corrected chi connectivity index (χ3v) is 9.11. The van der Waals surface area contributed by atoms with Crippen LogP contribution in [0.5, 0.6) is 23.0 Å². The van der Waals surface area contributed by atoms with Gasteiger partial charge in [-0.1, -0.05) is 72.8 Å². The highest BCUT2D eigenvalue weighted by atomic mass is 19.4. The zero-order valence-corrected chi connectivity index (χ0v) is 26.9. The number of alkyl halides is 6. The molecule has 10 heteroatoms. The van der Waals surface area contributed by atoms with Crippen LogP contribution >= 0.6 is 0 Å². The van der Waals surface area contributed by atoms with Crippen molar-refractivity contribution in [3.05, 3.63) is 167 Å². The Morgan fingerprint density at radius 1 is 0.471 bits per heavy atom. The fraction of sp³-hybridized carbons (Fsp3) is 0.122. The predicted molar refractivity (Wildman–Crippen MR) is 185 cm³/mol. The number of halogens is 6. The summed E-state index contributed by atoms with van der Waals surface area (Å²) in [6, 6.07) is 37.1. The van der Waals surface area contributed by atoms with Gasteiger partial charge in [-0.3, -0.25) is 0 Å². The van der Waals surface area contributed by atoms with Gasteiger partial charge in [0.05, 0.1) is 0 Å². The summed E-state index contributed by atoms with van der Waals surface area (Å²) in [6.45, 7) is 0. The Bertz CT molecular complexity index is 2050. The molecule has 6 aromatic rings. The lowest BCUT2D eigenvalue weighted by Crippen LogP contribution is -2.31. The van der Waals surface area contributed by atoms with Crippen LogP contribution in [0, 0.1) is 0 Å². The van der Waals surface area contributed by atoms with Gasteiger partial charge in [0.15, 0.2) is 0 Å². The molecule has 0 heterocycles. The van der Waals surface area contributed by atoms with Crippen LogP contribution in [0.1, 0.15) is 33.4 Å². The number of hydrogen-bond donors (Lipinski definition) is 2. The lowest BCUT2D eigenvalue weighted by atomic mass is 9.69. The minimum atomic E-state index is -4.65. The van der Waals surface area contributed by atoms with Crippen LogP contribution in [0.25, 0.3) is 11.1 Å². The number of benzene rings is 6.